The number of anilines is 1. The zero-order valence-electron chi connectivity index (χ0n) is 10.1. The topological polar surface area (TPSA) is 64.6 Å². The molecule has 1 aromatic rings. The van der Waals surface area contributed by atoms with E-state index >= 15 is 0 Å². The summed E-state index contributed by atoms with van der Waals surface area (Å²) in [6.45, 7) is 1.000. The van der Waals surface area contributed by atoms with Gasteiger partial charge in [0.15, 0.2) is 0 Å². The lowest BCUT2D eigenvalue weighted by Crippen LogP contribution is -2.20. The Kier molecular flexibility index (Phi) is 6.62. The van der Waals surface area contributed by atoms with Crippen LogP contribution >= 0.6 is 15.9 Å². The van der Waals surface area contributed by atoms with Gasteiger partial charge in [0, 0.05) is 17.3 Å². The van der Waals surface area contributed by atoms with Gasteiger partial charge in [-0.3, -0.25) is 4.72 Å². The Bertz CT molecular complexity index is 447. The van der Waals surface area contributed by atoms with Crippen LogP contribution in [0.1, 0.15) is 0 Å². The number of rotatable bonds is 8. The van der Waals surface area contributed by atoms with Crippen LogP contribution in [0.2, 0.25) is 0 Å². The zero-order valence-corrected chi connectivity index (χ0v) is 12.5. The van der Waals surface area contributed by atoms with Crippen LogP contribution < -0.4 is 4.72 Å². The summed E-state index contributed by atoms with van der Waals surface area (Å²) in [5.41, 5.74) is 0.537. The normalized spacial score (nSPS) is 11.4. The lowest BCUT2D eigenvalue weighted by atomic mass is 10.3. The maximum Gasteiger partial charge on any atom is 0.234 e. The first-order valence-corrected chi connectivity index (χ1v) is 7.81. The fourth-order valence-electron chi connectivity index (χ4n) is 1.16. The van der Waals surface area contributed by atoms with E-state index in [1.807, 2.05) is 0 Å². The fourth-order valence-corrected chi connectivity index (χ4v) is 2.36. The molecule has 0 aromatic heterocycles. The molecule has 7 heteroatoms. The number of ether oxygens (including phenoxy) is 2. The predicted octanol–water partition coefficient (Wildman–Crippen LogP) is 1.85. The van der Waals surface area contributed by atoms with Gasteiger partial charge < -0.3 is 9.47 Å². The second kappa shape index (κ2) is 7.73. The molecule has 102 valence electrons. The summed E-state index contributed by atoms with van der Waals surface area (Å²) >= 11 is 3.28. The molecule has 0 aliphatic carbocycles. The van der Waals surface area contributed by atoms with Crippen molar-refractivity contribution in [3.63, 3.8) is 0 Å². The Morgan fingerprint density at radius 1 is 1.17 bits per heavy atom. The van der Waals surface area contributed by atoms with Gasteiger partial charge >= 0.3 is 0 Å². The molecule has 0 atom stereocenters. The summed E-state index contributed by atoms with van der Waals surface area (Å²) in [6, 6.07) is 6.92. The Morgan fingerprint density at radius 3 is 2.44 bits per heavy atom. The van der Waals surface area contributed by atoms with Crippen molar-refractivity contribution in [1.29, 1.82) is 0 Å². The van der Waals surface area contributed by atoms with E-state index in [1.54, 1.807) is 31.4 Å². The third-order valence-electron chi connectivity index (χ3n) is 2.05. The molecule has 0 amide bonds. The number of sulfonamides is 1. The maximum absolute atomic E-state index is 11.7. The van der Waals surface area contributed by atoms with Gasteiger partial charge in [-0.2, -0.15) is 0 Å². The summed E-state index contributed by atoms with van der Waals surface area (Å²) in [5.74, 6) is -0.0766. The first kappa shape index (κ1) is 15.4. The molecule has 1 rings (SSSR count). The van der Waals surface area contributed by atoms with E-state index in [-0.39, 0.29) is 12.4 Å². The summed E-state index contributed by atoms with van der Waals surface area (Å²) in [4.78, 5) is 0. The van der Waals surface area contributed by atoms with Crippen LogP contribution in [0.5, 0.6) is 0 Å². The van der Waals surface area contributed by atoms with E-state index in [1.165, 1.54) is 0 Å². The van der Waals surface area contributed by atoms with Crippen LogP contribution in [0.3, 0.4) is 0 Å². The second-order valence-corrected chi connectivity index (χ2v) is 6.29. The lowest BCUT2D eigenvalue weighted by molar-refractivity contribution is 0.0785. The first-order valence-electron chi connectivity index (χ1n) is 5.36. The molecule has 0 saturated heterocycles. The third kappa shape index (κ3) is 6.34. The van der Waals surface area contributed by atoms with Crippen molar-refractivity contribution in [2.24, 2.45) is 0 Å². The molecule has 18 heavy (non-hydrogen) atoms. The zero-order chi connectivity index (χ0) is 13.4. The highest BCUT2D eigenvalue weighted by molar-refractivity contribution is 9.10. The third-order valence-corrected chi connectivity index (χ3v) is 3.83. The minimum atomic E-state index is -3.37. The maximum atomic E-state index is 11.7. The number of hydrogen-bond donors (Lipinski definition) is 1. The number of hydrogen-bond acceptors (Lipinski definition) is 4. The Labute approximate surface area is 116 Å². The van der Waals surface area contributed by atoms with E-state index in [0.29, 0.717) is 18.9 Å². The highest BCUT2D eigenvalue weighted by Crippen LogP contribution is 2.15. The van der Waals surface area contributed by atoms with Crippen molar-refractivity contribution >= 4 is 31.6 Å². The Balaban J connectivity index is 2.37. The molecule has 0 fully saturated rings. The van der Waals surface area contributed by atoms with Crippen molar-refractivity contribution in [3.8, 4) is 0 Å². The molecule has 1 N–H and O–H groups in total. The highest BCUT2D eigenvalue weighted by Gasteiger charge is 2.09. The lowest BCUT2D eigenvalue weighted by Gasteiger charge is -2.08. The largest absolute Gasteiger partial charge is 0.382 e. The van der Waals surface area contributed by atoms with Crippen LogP contribution in [0, 0.1) is 0 Å². The molecule has 0 unspecified atom stereocenters. The van der Waals surface area contributed by atoms with Gasteiger partial charge in [-0.15, -0.1) is 0 Å². The van der Waals surface area contributed by atoms with Crippen molar-refractivity contribution in [2.45, 2.75) is 0 Å². The molecule has 1 aromatic carbocycles. The summed E-state index contributed by atoms with van der Waals surface area (Å²) in [7, 11) is -1.80. The van der Waals surface area contributed by atoms with Crippen molar-refractivity contribution in [2.75, 3.05) is 37.4 Å². The van der Waals surface area contributed by atoms with E-state index in [4.69, 9.17) is 9.47 Å². The molecule has 0 spiro atoms. The van der Waals surface area contributed by atoms with Crippen LogP contribution in [0.4, 0.5) is 5.69 Å². The first-order chi connectivity index (χ1) is 8.53. The van der Waals surface area contributed by atoms with Gasteiger partial charge in [0.25, 0.3) is 0 Å². The molecule has 0 aliphatic rings. The minimum absolute atomic E-state index is 0.0766. The van der Waals surface area contributed by atoms with Gasteiger partial charge in [-0.25, -0.2) is 8.42 Å². The molecular formula is C11H16BrNO4S. The molecule has 0 bridgehead atoms. The Morgan fingerprint density at radius 2 is 1.83 bits per heavy atom. The van der Waals surface area contributed by atoms with Gasteiger partial charge in [0.1, 0.15) is 0 Å². The summed E-state index contributed by atoms with van der Waals surface area (Å²) in [5, 5.41) is 0. The fraction of sp³-hybridized carbons (Fsp3) is 0.455. The average Bonchev–Trinajstić information content (AvgIpc) is 2.31. The standard InChI is InChI=1S/C11H16BrNO4S/c1-16-6-7-17-8-9-18(14,15)13-11-4-2-10(12)3-5-11/h2-5,13H,6-9H2,1H3. The molecule has 0 saturated carbocycles. The van der Waals surface area contributed by atoms with Gasteiger partial charge in [-0.1, -0.05) is 15.9 Å². The van der Waals surface area contributed by atoms with E-state index < -0.39 is 10.0 Å². The molecule has 5 nitrogen and oxygen atoms in total. The van der Waals surface area contributed by atoms with E-state index in [0.717, 1.165) is 4.47 Å². The van der Waals surface area contributed by atoms with Crippen LogP contribution in [-0.2, 0) is 19.5 Å². The van der Waals surface area contributed by atoms with Crippen LogP contribution in [0.15, 0.2) is 28.7 Å². The second-order valence-electron chi connectivity index (χ2n) is 3.53. The summed E-state index contributed by atoms with van der Waals surface area (Å²) < 4.78 is 36.6. The van der Waals surface area contributed by atoms with Gasteiger partial charge in [0.2, 0.25) is 10.0 Å². The van der Waals surface area contributed by atoms with Gasteiger partial charge in [0.05, 0.1) is 25.6 Å². The SMILES string of the molecule is COCCOCCS(=O)(=O)Nc1ccc(Br)cc1. The molecule has 0 radical (unpaired) electrons. The average molecular weight is 338 g/mol. The number of methoxy groups -OCH3 is 1. The predicted molar refractivity (Wildman–Crippen MR) is 74.2 cm³/mol. The monoisotopic (exact) mass is 337 g/mol. The Hall–Kier alpha value is -0.630. The number of benzene rings is 1. The quantitative estimate of drug-likeness (QED) is 0.735. The van der Waals surface area contributed by atoms with Crippen LogP contribution in [0.25, 0.3) is 0 Å². The smallest absolute Gasteiger partial charge is 0.234 e. The van der Waals surface area contributed by atoms with Crippen LogP contribution in [-0.4, -0.2) is 41.1 Å². The summed E-state index contributed by atoms with van der Waals surface area (Å²) in [6.07, 6.45) is 0. The molecule has 0 heterocycles. The minimum Gasteiger partial charge on any atom is -0.382 e. The van der Waals surface area contributed by atoms with E-state index in [9.17, 15) is 8.42 Å². The van der Waals surface area contributed by atoms with E-state index in [2.05, 4.69) is 20.7 Å². The number of nitrogens with one attached hydrogen (secondary N) is 1. The van der Waals surface area contributed by atoms with Crippen molar-refractivity contribution < 1.29 is 17.9 Å². The van der Waals surface area contributed by atoms with Gasteiger partial charge in [-0.05, 0) is 24.3 Å². The number of halogens is 1. The van der Waals surface area contributed by atoms with Crippen molar-refractivity contribution in [3.05, 3.63) is 28.7 Å². The molecular weight excluding hydrogens is 322 g/mol. The van der Waals surface area contributed by atoms with Crippen molar-refractivity contribution in [1.82, 2.24) is 0 Å². The molecule has 0 aliphatic heterocycles. The highest BCUT2D eigenvalue weighted by atomic mass is 79.9.